The fourth-order valence-corrected chi connectivity index (χ4v) is 3.82. The lowest BCUT2D eigenvalue weighted by molar-refractivity contribution is -0.384. The smallest absolute Gasteiger partial charge is 0.321 e. The van der Waals surface area contributed by atoms with Gasteiger partial charge in [0.2, 0.25) is 0 Å². The maximum atomic E-state index is 12.4. The number of hydrogen-bond donors (Lipinski definition) is 1. The Kier molecular flexibility index (Phi) is 6.05. The van der Waals surface area contributed by atoms with E-state index in [-0.39, 0.29) is 11.7 Å². The molecular weight excluding hydrogens is 334 g/mol. The zero-order valence-electron chi connectivity index (χ0n) is 15.3. The highest BCUT2D eigenvalue weighted by molar-refractivity contribution is 5.89. The van der Waals surface area contributed by atoms with Crippen LogP contribution in [0.1, 0.15) is 12.8 Å². The molecule has 2 amide bonds. The lowest BCUT2D eigenvalue weighted by Gasteiger charge is -2.38. The van der Waals surface area contributed by atoms with E-state index in [1.165, 1.54) is 31.5 Å². The number of rotatable bonds is 4. The highest BCUT2D eigenvalue weighted by Gasteiger charge is 2.25. The van der Waals surface area contributed by atoms with E-state index in [4.69, 9.17) is 0 Å². The maximum Gasteiger partial charge on any atom is 0.321 e. The molecule has 0 radical (unpaired) electrons. The van der Waals surface area contributed by atoms with Gasteiger partial charge in [-0.15, -0.1) is 0 Å². The lowest BCUT2D eigenvalue weighted by atomic mass is 9.97. The molecule has 2 fully saturated rings. The quantitative estimate of drug-likeness (QED) is 0.656. The van der Waals surface area contributed by atoms with Crippen LogP contribution in [0.3, 0.4) is 0 Å². The van der Waals surface area contributed by atoms with Gasteiger partial charge in [0.15, 0.2) is 0 Å². The summed E-state index contributed by atoms with van der Waals surface area (Å²) in [5.41, 5.74) is 0.432. The normalized spacial score (nSPS) is 22.2. The number of carbonyl (C=O) groups excluding carboxylic acids is 1. The van der Waals surface area contributed by atoms with Crippen molar-refractivity contribution in [1.29, 1.82) is 0 Å². The molecule has 3 rings (SSSR count). The first kappa shape index (κ1) is 18.6. The molecule has 1 N–H and O–H groups in total. The summed E-state index contributed by atoms with van der Waals surface area (Å²) in [6.07, 6.45) is 2.56. The molecule has 2 saturated heterocycles. The molecule has 0 saturated carbocycles. The summed E-state index contributed by atoms with van der Waals surface area (Å²) < 4.78 is 0. The molecule has 26 heavy (non-hydrogen) atoms. The fourth-order valence-electron chi connectivity index (χ4n) is 3.82. The Balaban J connectivity index is 1.46. The van der Waals surface area contributed by atoms with Crippen LogP contribution in [0.25, 0.3) is 0 Å². The van der Waals surface area contributed by atoms with Gasteiger partial charge < -0.3 is 15.1 Å². The summed E-state index contributed by atoms with van der Waals surface area (Å²) in [7, 11) is 2.18. The lowest BCUT2D eigenvalue weighted by Crippen LogP contribution is -2.51. The zero-order chi connectivity index (χ0) is 18.5. The average molecular weight is 361 g/mol. The van der Waals surface area contributed by atoms with Crippen molar-refractivity contribution in [3.8, 4) is 0 Å². The minimum absolute atomic E-state index is 0.0231. The Hall–Kier alpha value is -2.19. The third-order valence-electron chi connectivity index (χ3n) is 5.21. The monoisotopic (exact) mass is 361 g/mol. The Morgan fingerprint density at radius 2 is 2.04 bits per heavy atom. The molecule has 8 nitrogen and oxygen atoms in total. The van der Waals surface area contributed by atoms with Crippen molar-refractivity contribution in [2.24, 2.45) is 5.92 Å². The summed E-state index contributed by atoms with van der Waals surface area (Å²) in [6.45, 7) is 6.58. The summed E-state index contributed by atoms with van der Waals surface area (Å²) in [6, 6.07) is 5.85. The largest absolute Gasteiger partial charge is 0.322 e. The van der Waals surface area contributed by atoms with Crippen LogP contribution in [-0.2, 0) is 0 Å². The van der Waals surface area contributed by atoms with Gasteiger partial charge >= 0.3 is 6.03 Å². The van der Waals surface area contributed by atoms with Gasteiger partial charge in [0.05, 0.1) is 4.92 Å². The predicted octanol–water partition coefficient (Wildman–Crippen LogP) is 2.09. The van der Waals surface area contributed by atoms with E-state index in [1.807, 2.05) is 0 Å². The van der Waals surface area contributed by atoms with Crippen molar-refractivity contribution < 1.29 is 9.72 Å². The standard InChI is InChI=1S/C18H27N5O3/c1-20-7-3-4-15(13-20)14-21-8-10-22(11-9-21)18(24)19-16-5-2-6-17(12-16)23(25)26/h2,5-6,12,15H,3-4,7-11,13-14H2,1H3,(H,19,24). The van der Waals surface area contributed by atoms with Crippen molar-refractivity contribution in [1.82, 2.24) is 14.7 Å². The Bertz CT molecular complexity index is 645. The second-order valence-corrected chi connectivity index (χ2v) is 7.30. The van der Waals surface area contributed by atoms with Crippen molar-refractivity contribution >= 4 is 17.4 Å². The first-order valence-electron chi connectivity index (χ1n) is 9.22. The number of piperazine rings is 1. The fraction of sp³-hybridized carbons (Fsp3) is 0.611. The van der Waals surface area contributed by atoms with Crippen LogP contribution in [0.15, 0.2) is 24.3 Å². The van der Waals surface area contributed by atoms with Crippen LogP contribution in [0.5, 0.6) is 0 Å². The Morgan fingerprint density at radius 3 is 2.73 bits per heavy atom. The number of amides is 2. The molecule has 1 atom stereocenters. The van der Waals surface area contributed by atoms with Crippen LogP contribution in [-0.4, -0.2) is 78.5 Å². The number of carbonyl (C=O) groups is 1. The number of benzene rings is 1. The summed E-state index contributed by atoms with van der Waals surface area (Å²) in [4.78, 5) is 29.4. The van der Waals surface area contributed by atoms with Crippen molar-refractivity contribution in [2.75, 3.05) is 58.2 Å². The van der Waals surface area contributed by atoms with Crippen molar-refractivity contribution in [2.45, 2.75) is 12.8 Å². The molecule has 1 aromatic rings. The van der Waals surface area contributed by atoms with E-state index in [1.54, 1.807) is 17.0 Å². The van der Waals surface area contributed by atoms with Crippen LogP contribution in [0.4, 0.5) is 16.2 Å². The van der Waals surface area contributed by atoms with Crippen LogP contribution in [0.2, 0.25) is 0 Å². The number of non-ortho nitro benzene ring substituents is 1. The number of piperidine rings is 1. The number of hydrogen-bond acceptors (Lipinski definition) is 5. The summed E-state index contributed by atoms with van der Waals surface area (Å²) in [5, 5.41) is 13.6. The molecule has 2 aliphatic heterocycles. The van der Waals surface area contributed by atoms with Gasteiger partial charge in [-0.2, -0.15) is 0 Å². The molecule has 1 aromatic carbocycles. The second-order valence-electron chi connectivity index (χ2n) is 7.30. The van der Waals surface area contributed by atoms with Gasteiger partial charge in [-0.3, -0.25) is 15.0 Å². The number of urea groups is 1. The van der Waals surface area contributed by atoms with Gasteiger partial charge in [0, 0.05) is 57.1 Å². The topological polar surface area (TPSA) is 82.0 Å². The molecule has 0 aliphatic carbocycles. The first-order valence-corrected chi connectivity index (χ1v) is 9.22. The zero-order valence-corrected chi connectivity index (χ0v) is 15.3. The van der Waals surface area contributed by atoms with Crippen LogP contribution in [0, 0.1) is 16.0 Å². The van der Waals surface area contributed by atoms with Crippen LogP contribution >= 0.6 is 0 Å². The van der Waals surface area contributed by atoms with E-state index < -0.39 is 4.92 Å². The molecule has 0 spiro atoms. The van der Waals surface area contributed by atoms with Crippen molar-refractivity contribution in [3.63, 3.8) is 0 Å². The van der Waals surface area contributed by atoms with Gasteiger partial charge in [-0.05, 0) is 38.4 Å². The van der Waals surface area contributed by atoms with E-state index in [0.717, 1.165) is 32.1 Å². The SMILES string of the molecule is CN1CCCC(CN2CCN(C(=O)Nc3cccc([N+](=O)[O-])c3)CC2)C1. The molecule has 0 aromatic heterocycles. The number of nitro benzene ring substituents is 1. The Morgan fingerprint density at radius 1 is 1.27 bits per heavy atom. The third kappa shape index (κ3) is 4.92. The van der Waals surface area contributed by atoms with Crippen LogP contribution < -0.4 is 5.32 Å². The van der Waals surface area contributed by atoms with E-state index in [0.29, 0.717) is 18.8 Å². The second kappa shape index (κ2) is 8.46. The predicted molar refractivity (Wildman–Crippen MR) is 100 cm³/mol. The van der Waals surface area contributed by atoms with E-state index in [2.05, 4.69) is 22.2 Å². The molecule has 1 unspecified atom stereocenters. The third-order valence-corrected chi connectivity index (χ3v) is 5.21. The van der Waals surface area contributed by atoms with E-state index in [9.17, 15) is 14.9 Å². The molecule has 2 heterocycles. The Labute approximate surface area is 153 Å². The minimum Gasteiger partial charge on any atom is -0.322 e. The number of nitrogens with zero attached hydrogens (tertiary/aromatic N) is 4. The van der Waals surface area contributed by atoms with Gasteiger partial charge in [0.1, 0.15) is 0 Å². The molecule has 0 bridgehead atoms. The van der Waals surface area contributed by atoms with Crippen molar-refractivity contribution in [3.05, 3.63) is 34.4 Å². The number of nitro groups is 1. The highest BCUT2D eigenvalue weighted by atomic mass is 16.6. The van der Waals surface area contributed by atoms with Gasteiger partial charge in [-0.25, -0.2) is 4.79 Å². The maximum absolute atomic E-state index is 12.4. The average Bonchev–Trinajstić information content (AvgIpc) is 2.62. The first-order chi connectivity index (χ1) is 12.5. The number of likely N-dealkylation sites (tertiary alicyclic amines) is 1. The molecule has 142 valence electrons. The highest BCUT2D eigenvalue weighted by Crippen LogP contribution is 2.19. The number of anilines is 1. The number of nitrogens with one attached hydrogen (secondary N) is 1. The summed E-state index contributed by atoms with van der Waals surface area (Å²) in [5.74, 6) is 0.721. The molecular formula is C18H27N5O3. The molecule has 8 heteroatoms. The minimum atomic E-state index is -0.461. The van der Waals surface area contributed by atoms with Gasteiger partial charge in [0.25, 0.3) is 5.69 Å². The molecule has 2 aliphatic rings. The van der Waals surface area contributed by atoms with E-state index >= 15 is 0 Å². The van der Waals surface area contributed by atoms with Gasteiger partial charge in [-0.1, -0.05) is 6.07 Å². The summed E-state index contributed by atoms with van der Waals surface area (Å²) >= 11 is 0.